The van der Waals surface area contributed by atoms with Crippen LogP contribution in [0.4, 0.5) is 5.69 Å². The van der Waals surface area contributed by atoms with Crippen LogP contribution in [0.1, 0.15) is 54.4 Å². The summed E-state index contributed by atoms with van der Waals surface area (Å²) in [5, 5.41) is 3.99. The van der Waals surface area contributed by atoms with Gasteiger partial charge >= 0.3 is 0 Å². The standard InChI is InChI=1S/C33H39Cl2N3O4S/c1-23-16-24(2)18-29(17-23)38(43(3,41)42)22-32(39)37(21-26-14-15-27(34)20-30(26)35)31(19-25-10-6-4-7-11-25)33(40)36-28-12-8-5-9-13-28/h4,6-7,10-11,14-18,20,28,31H,5,8-9,12-13,19,21-22H2,1-3H3,(H,36,40)/t31-/m1/s1. The molecular formula is C33H39Cl2N3O4S. The third-order valence-electron chi connectivity index (χ3n) is 7.75. The summed E-state index contributed by atoms with van der Waals surface area (Å²) in [6.07, 6.45) is 6.31. The Bertz CT molecular complexity index is 1520. The molecule has 7 nitrogen and oxygen atoms in total. The molecule has 2 amide bonds. The van der Waals surface area contributed by atoms with Crippen LogP contribution in [-0.4, -0.2) is 50.0 Å². The Balaban J connectivity index is 1.76. The normalized spacial score (nSPS) is 14.6. The number of halogens is 2. The number of nitrogens with one attached hydrogen (secondary N) is 1. The number of nitrogens with zero attached hydrogens (tertiary/aromatic N) is 2. The Morgan fingerprint density at radius 2 is 1.58 bits per heavy atom. The quantitative estimate of drug-likeness (QED) is 0.260. The third-order valence-corrected chi connectivity index (χ3v) is 9.48. The van der Waals surface area contributed by atoms with Crippen LogP contribution in [0.2, 0.25) is 10.0 Å². The molecule has 0 radical (unpaired) electrons. The van der Waals surface area contributed by atoms with E-state index in [0.717, 1.165) is 59.4 Å². The molecule has 4 rings (SSSR count). The summed E-state index contributed by atoms with van der Waals surface area (Å²) >= 11 is 12.7. The number of rotatable bonds is 11. The van der Waals surface area contributed by atoms with E-state index < -0.39 is 28.5 Å². The van der Waals surface area contributed by atoms with Gasteiger partial charge in [0, 0.05) is 29.1 Å². The van der Waals surface area contributed by atoms with Crippen molar-refractivity contribution < 1.29 is 18.0 Å². The minimum atomic E-state index is -3.85. The highest BCUT2D eigenvalue weighted by atomic mass is 35.5. The SMILES string of the molecule is Cc1cc(C)cc(N(CC(=O)N(Cc2ccc(Cl)cc2Cl)[C@H](Cc2ccccc2)C(=O)NC2CCCCC2)S(C)(=O)=O)c1. The monoisotopic (exact) mass is 643 g/mol. The molecule has 1 N–H and O–H groups in total. The summed E-state index contributed by atoms with van der Waals surface area (Å²) in [6, 6.07) is 19.0. The van der Waals surface area contributed by atoms with Gasteiger partial charge in [0.05, 0.1) is 11.9 Å². The number of carbonyl (C=O) groups is 2. The van der Waals surface area contributed by atoms with E-state index in [9.17, 15) is 18.0 Å². The Kier molecular flexibility index (Phi) is 11.2. The van der Waals surface area contributed by atoms with Gasteiger partial charge in [-0.2, -0.15) is 0 Å². The van der Waals surface area contributed by atoms with E-state index >= 15 is 0 Å². The van der Waals surface area contributed by atoms with Gasteiger partial charge in [-0.05, 0) is 73.2 Å². The van der Waals surface area contributed by atoms with Crippen LogP contribution in [0.15, 0.2) is 66.7 Å². The van der Waals surface area contributed by atoms with Gasteiger partial charge in [0.2, 0.25) is 21.8 Å². The molecule has 3 aromatic carbocycles. The molecule has 230 valence electrons. The van der Waals surface area contributed by atoms with Crippen molar-refractivity contribution >= 4 is 50.7 Å². The van der Waals surface area contributed by atoms with Crippen molar-refractivity contribution in [2.75, 3.05) is 17.1 Å². The van der Waals surface area contributed by atoms with Crippen molar-refractivity contribution in [1.29, 1.82) is 0 Å². The fourth-order valence-corrected chi connectivity index (χ4v) is 6.94. The van der Waals surface area contributed by atoms with E-state index in [1.807, 2.05) is 50.2 Å². The average molecular weight is 645 g/mol. The second kappa shape index (κ2) is 14.6. The predicted octanol–water partition coefficient (Wildman–Crippen LogP) is 6.47. The molecule has 3 aromatic rings. The molecule has 1 aliphatic rings. The fraction of sp³-hybridized carbons (Fsp3) is 0.394. The summed E-state index contributed by atoms with van der Waals surface area (Å²) in [6.45, 7) is 3.27. The molecule has 0 unspecified atom stereocenters. The molecule has 0 bridgehead atoms. The van der Waals surface area contributed by atoms with Gasteiger partial charge in [0.1, 0.15) is 12.6 Å². The van der Waals surface area contributed by atoms with Crippen molar-refractivity contribution in [1.82, 2.24) is 10.2 Å². The summed E-state index contributed by atoms with van der Waals surface area (Å²) < 4.78 is 27.2. The van der Waals surface area contributed by atoms with E-state index in [1.165, 1.54) is 4.90 Å². The Labute approximate surface area is 265 Å². The van der Waals surface area contributed by atoms with Gasteiger partial charge in [-0.1, -0.05) is 84.9 Å². The highest BCUT2D eigenvalue weighted by molar-refractivity contribution is 7.92. The minimum Gasteiger partial charge on any atom is -0.352 e. The van der Waals surface area contributed by atoms with Crippen LogP contribution >= 0.6 is 23.2 Å². The second-order valence-electron chi connectivity index (χ2n) is 11.4. The fourth-order valence-electron chi connectivity index (χ4n) is 5.64. The molecule has 1 fully saturated rings. The number of hydrogen-bond donors (Lipinski definition) is 1. The smallest absolute Gasteiger partial charge is 0.244 e. The second-order valence-corrected chi connectivity index (χ2v) is 14.2. The number of anilines is 1. The molecular weight excluding hydrogens is 605 g/mol. The van der Waals surface area contributed by atoms with Crippen LogP contribution < -0.4 is 9.62 Å². The van der Waals surface area contributed by atoms with E-state index in [0.29, 0.717) is 21.3 Å². The van der Waals surface area contributed by atoms with Gasteiger partial charge in [-0.3, -0.25) is 13.9 Å². The summed E-state index contributed by atoms with van der Waals surface area (Å²) in [7, 11) is -3.85. The first-order valence-electron chi connectivity index (χ1n) is 14.5. The van der Waals surface area contributed by atoms with Crippen molar-refractivity contribution in [2.45, 2.75) is 71.0 Å². The molecule has 43 heavy (non-hydrogen) atoms. The van der Waals surface area contributed by atoms with Crippen LogP contribution in [0.25, 0.3) is 0 Å². The molecule has 0 aromatic heterocycles. The van der Waals surface area contributed by atoms with Gasteiger partial charge in [0.15, 0.2) is 0 Å². The van der Waals surface area contributed by atoms with Crippen LogP contribution in [0.3, 0.4) is 0 Å². The van der Waals surface area contributed by atoms with Gasteiger partial charge in [-0.25, -0.2) is 8.42 Å². The lowest BCUT2D eigenvalue weighted by molar-refractivity contribution is -0.140. The van der Waals surface area contributed by atoms with Crippen LogP contribution in [0, 0.1) is 13.8 Å². The lowest BCUT2D eigenvalue weighted by Gasteiger charge is -2.35. The Morgan fingerprint density at radius 3 is 2.19 bits per heavy atom. The summed E-state index contributed by atoms with van der Waals surface area (Å²) in [5.74, 6) is -0.790. The minimum absolute atomic E-state index is 0.00509. The molecule has 10 heteroatoms. The first-order chi connectivity index (χ1) is 20.4. The van der Waals surface area contributed by atoms with Gasteiger partial charge in [-0.15, -0.1) is 0 Å². The topological polar surface area (TPSA) is 86.8 Å². The lowest BCUT2D eigenvalue weighted by Crippen LogP contribution is -2.55. The largest absolute Gasteiger partial charge is 0.352 e. The zero-order chi connectivity index (χ0) is 31.1. The molecule has 0 aliphatic heterocycles. The summed E-state index contributed by atoms with van der Waals surface area (Å²) in [4.78, 5) is 29.8. The van der Waals surface area contributed by atoms with Crippen molar-refractivity contribution in [3.05, 3.63) is 99.0 Å². The van der Waals surface area contributed by atoms with Gasteiger partial charge in [0.25, 0.3) is 0 Å². The van der Waals surface area contributed by atoms with Crippen LogP contribution in [-0.2, 0) is 32.6 Å². The first-order valence-corrected chi connectivity index (χ1v) is 17.1. The van der Waals surface area contributed by atoms with Crippen molar-refractivity contribution in [2.24, 2.45) is 0 Å². The average Bonchev–Trinajstić information content (AvgIpc) is 2.94. The van der Waals surface area contributed by atoms with E-state index in [2.05, 4.69) is 5.32 Å². The maximum Gasteiger partial charge on any atom is 0.244 e. The van der Waals surface area contributed by atoms with Crippen molar-refractivity contribution in [3.63, 3.8) is 0 Å². The molecule has 0 heterocycles. The van der Waals surface area contributed by atoms with E-state index in [1.54, 1.807) is 30.3 Å². The maximum absolute atomic E-state index is 14.3. The highest BCUT2D eigenvalue weighted by Crippen LogP contribution is 2.26. The van der Waals surface area contributed by atoms with Crippen LogP contribution in [0.5, 0.6) is 0 Å². The summed E-state index contributed by atoms with van der Waals surface area (Å²) in [5.41, 5.74) is 3.61. The highest BCUT2D eigenvalue weighted by Gasteiger charge is 2.34. The Morgan fingerprint density at radius 1 is 0.930 bits per heavy atom. The number of carbonyl (C=O) groups excluding carboxylic acids is 2. The molecule has 1 aliphatic carbocycles. The Hall–Kier alpha value is -3.07. The third kappa shape index (κ3) is 9.21. The zero-order valence-electron chi connectivity index (χ0n) is 24.9. The lowest BCUT2D eigenvalue weighted by atomic mass is 9.94. The number of amides is 2. The molecule has 1 atom stereocenters. The predicted molar refractivity (Wildman–Crippen MR) is 174 cm³/mol. The number of benzene rings is 3. The molecule has 1 saturated carbocycles. The number of sulfonamides is 1. The number of hydrogen-bond acceptors (Lipinski definition) is 4. The van der Waals surface area contributed by atoms with Crippen molar-refractivity contribution in [3.8, 4) is 0 Å². The van der Waals surface area contributed by atoms with Gasteiger partial charge < -0.3 is 10.2 Å². The van der Waals surface area contributed by atoms with E-state index in [-0.39, 0.29) is 24.9 Å². The maximum atomic E-state index is 14.3. The van der Waals surface area contributed by atoms with E-state index in [4.69, 9.17) is 23.2 Å². The number of aryl methyl sites for hydroxylation is 2. The first kappa shape index (κ1) is 32.8. The zero-order valence-corrected chi connectivity index (χ0v) is 27.2. The molecule has 0 spiro atoms. The molecule has 0 saturated heterocycles.